The van der Waals surface area contributed by atoms with Crippen molar-refractivity contribution in [1.82, 2.24) is 10.2 Å². The Labute approximate surface area is 147 Å². The lowest BCUT2D eigenvalue weighted by Gasteiger charge is -2.36. The van der Waals surface area contributed by atoms with Gasteiger partial charge in [0.2, 0.25) is 5.91 Å². The maximum atomic E-state index is 12.1. The van der Waals surface area contributed by atoms with Gasteiger partial charge in [-0.2, -0.15) is 0 Å². The monoisotopic (exact) mass is 347 g/mol. The predicted molar refractivity (Wildman–Crippen MR) is 96.2 cm³/mol. The van der Waals surface area contributed by atoms with E-state index in [1.807, 2.05) is 0 Å². The number of nitrogens with zero attached hydrogens (tertiary/aromatic N) is 2. The van der Waals surface area contributed by atoms with Crippen molar-refractivity contribution in [2.45, 2.75) is 19.9 Å². The van der Waals surface area contributed by atoms with Gasteiger partial charge >= 0.3 is 0 Å². The number of rotatable bonds is 7. The second-order valence-corrected chi connectivity index (χ2v) is 6.35. The summed E-state index contributed by atoms with van der Waals surface area (Å²) in [4.78, 5) is 25.0. The summed E-state index contributed by atoms with van der Waals surface area (Å²) in [5, 5.41) is 13.9. The Hall–Kier alpha value is -2.25. The lowest BCUT2D eigenvalue weighted by atomic mass is 10.0. The zero-order valence-corrected chi connectivity index (χ0v) is 14.7. The second kappa shape index (κ2) is 9.29. The molecule has 1 aliphatic heterocycles. The normalized spacial score (nSPS) is 16.9. The molecule has 0 radical (unpaired) electrons. The topological polar surface area (TPSA) is 84.7 Å². The van der Waals surface area contributed by atoms with Gasteiger partial charge in [-0.05, 0) is 18.1 Å². The van der Waals surface area contributed by atoms with E-state index in [0.29, 0.717) is 18.0 Å². The van der Waals surface area contributed by atoms with Gasteiger partial charge in [-0.25, -0.2) is 0 Å². The number of nitro benzene ring substituents is 1. The van der Waals surface area contributed by atoms with Crippen molar-refractivity contribution in [2.75, 3.05) is 32.8 Å². The Morgan fingerprint density at radius 3 is 2.68 bits per heavy atom. The van der Waals surface area contributed by atoms with Gasteiger partial charge in [0, 0.05) is 37.8 Å². The molecule has 1 unspecified atom stereocenters. The Bertz CT molecular complexity index is 625. The molecule has 0 aliphatic carbocycles. The van der Waals surface area contributed by atoms with E-state index in [1.54, 1.807) is 18.2 Å². The molecule has 2 rings (SSSR count). The second-order valence-electron chi connectivity index (χ2n) is 6.35. The minimum Gasteiger partial charge on any atom is -0.379 e. The summed E-state index contributed by atoms with van der Waals surface area (Å²) >= 11 is 0. The maximum absolute atomic E-state index is 12.1. The summed E-state index contributed by atoms with van der Waals surface area (Å²) in [6.07, 6.45) is 2.83. The average molecular weight is 347 g/mol. The van der Waals surface area contributed by atoms with Crippen LogP contribution in [0.15, 0.2) is 30.3 Å². The number of nitrogens with one attached hydrogen (secondary N) is 1. The third-order valence-corrected chi connectivity index (χ3v) is 4.32. The van der Waals surface area contributed by atoms with E-state index in [1.165, 1.54) is 18.2 Å². The van der Waals surface area contributed by atoms with Crippen LogP contribution in [0.3, 0.4) is 0 Å². The highest BCUT2D eigenvalue weighted by Crippen LogP contribution is 2.18. The first-order valence-electron chi connectivity index (χ1n) is 8.50. The summed E-state index contributed by atoms with van der Waals surface area (Å²) in [6.45, 7) is 7.97. The highest BCUT2D eigenvalue weighted by molar-refractivity contribution is 5.92. The molecular formula is C18H25N3O4. The fourth-order valence-corrected chi connectivity index (χ4v) is 2.92. The van der Waals surface area contributed by atoms with Crippen molar-refractivity contribution in [3.8, 4) is 0 Å². The fourth-order valence-electron chi connectivity index (χ4n) is 2.92. The van der Waals surface area contributed by atoms with Gasteiger partial charge in [0.1, 0.15) is 0 Å². The van der Waals surface area contributed by atoms with Gasteiger partial charge in [-0.3, -0.25) is 19.8 Å². The van der Waals surface area contributed by atoms with Gasteiger partial charge in [-0.15, -0.1) is 0 Å². The Kier molecular flexibility index (Phi) is 7.09. The number of amides is 1. The number of carbonyl (C=O) groups is 1. The lowest BCUT2D eigenvalue weighted by molar-refractivity contribution is -0.385. The van der Waals surface area contributed by atoms with Crippen LogP contribution in [-0.2, 0) is 9.53 Å². The number of carbonyl (C=O) groups excluding carboxylic acids is 1. The van der Waals surface area contributed by atoms with Crippen LogP contribution in [0.4, 0.5) is 5.69 Å². The van der Waals surface area contributed by atoms with E-state index >= 15 is 0 Å². The van der Waals surface area contributed by atoms with Crippen LogP contribution in [-0.4, -0.2) is 54.6 Å². The number of hydrogen-bond acceptors (Lipinski definition) is 5. The van der Waals surface area contributed by atoms with Gasteiger partial charge in [0.05, 0.1) is 23.7 Å². The molecule has 0 saturated carbocycles. The van der Waals surface area contributed by atoms with Crippen molar-refractivity contribution >= 4 is 17.7 Å². The summed E-state index contributed by atoms with van der Waals surface area (Å²) in [6, 6.07) is 6.59. The molecular weight excluding hydrogens is 322 g/mol. The molecule has 1 N–H and O–H groups in total. The van der Waals surface area contributed by atoms with Crippen molar-refractivity contribution in [3.05, 3.63) is 46.0 Å². The van der Waals surface area contributed by atoms with Crippen LogP contribution in [0, 0.1) is 16.0 Å². The number of ether oxygens (including phenoxy) is 1. The molecule has 7 heteroatoms. The van der Waals surface area contributed by atoms with Crippen molar-refractivity contribution < 1.29 is 14.5 Å². The number of para-hydroxylation sites is 1. The van der Waals surface area contributed by atoms with Crippen LogP contribution in [0.25, 0.3) is 6.08 Å². The van der Waals surface area contributed by atoms with Gasteiger partial charge in [0.15, 0.2) is 0 Å². The standard InChI is InChI=1S/C18H25N3O4/c1-14(2)17(20-9-11-25-12-10-20)13-19-18(22)8-7-15-5-3-4-6-16(15)21(23)24/h3-8,14,17H,9-13H2,1-2H3,(H,19,22)/b8-7+. The van der Waals surface area contributed by atoms with E-state index in [9.17, 15) is 14.9 Å². The van der Waals surface area contributed by atoms with Crippen LogP contribution < -0.4 is 5.32 Å². The summed E-state index contributed by atoms with van der Waals surface area (Å²) in [7, 11) is 0. The van der Waals surface area contributed by atoms with Crippen LogP contribution in [0.5, 0.6) is 0 Å². The smallest absolute Gasteiger partial charge is 0.276 e. The zero-order valence-electron chi connectivity index (χ0n) is 14.7. The van der Waals surface area contributed by atoms with Crippen molar-refractivity contribution in [3.63, 3.8) is 0 Å². The molecule has 136 valence electrons. The van der Waals surface area contributed by atoms with Gasteiger partial charge in [0.25, 0.3) is 5.69 Å². The van der Waals surface area contributed by atoms with Gasteiger partial charge in [-0.1, -0.05) is 26.0 Å². The molecule has 25 heavy (non-hydrogen) atoms. The first-order valence-corrected chi connectivity index (χ1v) is 8.50. The Morgan fingerprint density at radius 1 is 1.36 bits per heavy atom. The first-order chi connectivity index (χ1) is 12.0. The van der Waals surface area contributed by atoms with E-state index in [4.69, 9.17) is 4.74 Å². The fraction of sp³-hybridized carbons (Fsp3) is 0.500. The number of nitro groups is 1. The largest absolute Gasteiger partial charge is 0.379 e. The quantitative estimate of drug-likeness (QED) is 0.464. The molecule has 0 aromatic heterocycles. The summed E-state index contributed by atoms with van der Waals surface area (Å²) in [5.74, 6) is 0.148. The highest BCUT2D eigenvalue weighted by atomic mass is 16.6. The van der Waals surface area contributed by atoms with E-state index in [0.717, 1.165) is 26.3 Å². The summed E-state index contributed by atoms with van der Waals surface area (Å²) in [5.41, 5.74) is 0.399. The van der Waals surface area contributed by atoms with Gasteiger partial charge < -0.3 is 10.1 Å². The highest BCUT2D eigenvalue weighted by Gasteiger charge is 2.23. The first kappa shape index (κ1) is 19.1. The van der Waals surface area contributed by atoms with Crippen LogP contribution >= 0.6 is 0 Å². The SMILES string of the molecule is CC(C)C(CNC(=O)/C=C/c1ccccc1[N+](=O)[O-])N1CCOCC1. The van der Waals surface area contributed by atoms with E-state index in [-0.39, 0.29) is 17.6 Å². The molecule has 0 spiro atoms. The third kappa shape index (κ3) is 5.65. The number of hydrogen-bond donors (Lipinski definition) is 1. The number of morpholine rings is 1. The zero-order chi connectivity index (χ0) is 18.2. The molecule has 7 nitrogen and oxygen atoms in total. The molecule has 1 amide bonds. The molecule has 0 bridgehead atoms. The van der Waals surface area contributed by atoms with Crippen molar-refractivity contribution in [1.29, 1.82) is 0 Å². The molecule has 1 saturated heterocycles. The summed E-state index contributed by atoms with van der Waals surface area (Å²) < 4.78 is 5.38. The minimum atomic E-state index is -0.454. The van der Waals surface area contributed by atoms with Crippen LogP contribution in [0.1, 0.15) is 19.4 Å². The maximum Gasteiger partial charge on any atom is 0.276 e. The lowest BCUT2D eigenvalue weighted by Crippen LogP contribution is -2.51. The molecule has 1 aliphatic rings. The third-order valence-electron chi connectivity index (χ3n) is 4.32. The molecule has 1 aromatic carbocycles. The number of benzene rings is 1. The average Bonchev–Trinajstić information content (AvgIpc) is 2.61. The molecule has 1 aromatic rings. The molecule has 1 atom stereocenters. The van der Waals surface area contributed by atoms with Crippen LogP contribution in [0.2, 0.25) is 0 Å². The Morgan fingerprint density at radius 2 is 2.04 bits per heavy atom. The van der Waals surface area contributed by atoms with E-state index < -0.39 is 4.92 Å². The molecule has 1 heterocycles. The minimum absolute atomic E-state index is 0.0140. The van der Waals surface area contributed by atoms with E-state index in [2.05, 4.69) is 24.1 Å². The van der Waals surface area contributed by atoms with Crippen molar-refractivity contribution in [2.24, 2.45) is 5.92 Å². The Balaban J connectivity index is 1.94. The predicted octanol–water partition coefficient (Wildman–Crippen LogP) is 2.08. The molecule has 1 fully saturated rings.